The van der Waals surface area contributed by atoms with Crippen LogP contribution in [-0.4, -0.2) is 40.5 Å². The molecule has 0 bridgehead atoms. The molecule has 0 aliphatic heterocycles. The van der Waals surface area contributed by atoms with Gasteiger partial charge < -0.3 is 14.6 Å². The Hall–Kier alpha value is -2.80. The largest absolute Gasteiger partial charge is 0.431 e. The Morgan fingerprint density at radius 1 is 1.07 bits per heavy atom. The predicted octanol–water partition coefficient (Wildman–Crippen LogP) is 4.04. The van der Waals surface area contributed by atoms with Gasteiger partial charge in [0.15, 0.2) is 5.58 Å². The van der Waals surface area contributed by atoms with Crippen molar-refractivity contribution in [2.75, 3.05) is 24.2 Å². The lowest BCUT2D eigenvalue weighted by molar-refractivity contribution is -0.113. The molecule has 0 aliphatic carbocycles. The summed E-state index contributed by atoms with van der Waals surface area (Å²) in [7, 11) is 0. The molecule has 7 heteroatoms. The Bertz CT molecular complexity index is 900. The number of nitrogens with zero attached hydrogens (tertiary/aromatic N) is 2. The van der Waals surface area contributed by atoms with Crippen LogP contribution in [0.1, 0.15) is 24.2 Å². The smallest absolute Gasteiger partial charge is 0.257 e. The number of anilines is 1. The molecule has 2 amide bonds. The number of carbonyl (C=O) groups excluding carboxylic acids is 2. The van der Waals surface area contributed by atoms with Gasteiger partial charge in [-0.3, -0.25) is 9.59 Å². The van der Waals surface area contributed by atoms with Crippen LogP contribution in [0.5, 0.6) is 0 Å². The summed E-state index contributed by atoms with van der Waals surface area (Å²) in [5.41, 5.74) is 2.73. The van der Waals surface area contributed by atoms with Gasteiger partial charge in [-0.25, -0.2) is 4.98 Å². The monoisotopic (exact) mass is 383 g/mol. The normalized spacial score (nSPS) is 10.7. The van der Waals surface area contributed by atoms with Gasteiger partial charge >= 0.3 is 0 Å². The number of hydrogen-bond donors (Lipinski definition) is 1. The van der Waals surface area contributed by atoms with E-state index in [-0.39, 0.29) is 17.6 Å². The van der Waals surface area contributed by atoms with E-state index in [0.717, 1.165) is 5.52 Å². The fourth-order valence-corrected chi connectivity index (χ4v) is 3.27. The summed E-state index contributed by atoms with van der Waals surface area (Å²) >= 11 is 1.24. The minimum absolute atomic E-state index is 0.00982. The standard InChI is InChI=1S/C20H21N3O3S/c1-3-23(4-2)19(25)14-9-11-15(12-10-14)21-18(24)13-27-20-22-16-7-5-6-8-17(16)26-20/h5-12H,3-4,13H2,1-2H3,(H,21,24). The lowest BCUT2D eigenvalue weighted by Crippen LogP contribution is -2.30. The molecule has 3 aromatic rings. The molecule has 27 heavy (non-hydrogen) atoms. The van der Waals surface area contributed by atoms with Gasteiger partial charge in [0.25, 0.3) is 11.1 Å². The first-order valence-electron chi connectivity index (χ1n) is 8.78. The summed E-state index contributed by atoms with van der Waals surface area (Å²) in [5, 5.41) is 3.28. The number of thioether (sulfide) groups is 1. The number of para-hydroxylation sites is 2. The molecule has 3 rings (SSSR count). The maximum Gasteiger partial charge on any atom is 0.257 e. The molecule has 0 unspecified atom stereocenters. The van der Waals surface area contributed by atoms with Crippen LogP contribution in [0.2, 0.25) is 0 Å². The van der Waals surface area contributed by atoms with Crippen LogP contribution >= 0.6 is 11.8 Å². The van der Waals surface area contributed by atoms with Crippen LogP contribution in [0, 0.1) is 0 Å². The number of amides is 2. The Morgan fingerprint density at radius 3 is 2.44 bits per heavy atom. The van der Waals surface area contributed by atoms with E-state index in [0.29, 0.717) is 35.1 Å². The van der Waals surface area contributed by atoms with Crippen LogP contribution in [-0.2, 0) is 4.79 Å². The summed E-state index contributed by atoms with van der Waals surface area (Å²) in [4.78, 5) is 30.5. The SMILES string of the molecule is CCN(CC)C(=O)c1ccc(NC(=O)CSc2nc3ccccc3o2)cc1. The van der Waals surface area contributed by atoms with Crippen LogP contribution < -0.4 is 5.32 Å². The molecular weight excluding hydrogens is 362 g/mol. The summed E-state index contributed by atoms with van der Waals surface area (Å²) < 4.78 is 5.58. The highest BCUT2D eigenvalue weighted by Gasteiger charge is 2.13. The first-order valence-corrected chi connectivity index (χ1v) is 9.76. The number of aromatic nitrogens is 1. The molecule has 2 aromatic carbocycles. The highest BCUT2D eigenvalue weighted by atomic mass is 32.2. The maximum absolute atomic E-state index is 12.3. The van der Waals surface area contributed by atoms with Gasteiger partial charge in [-0.2, -0.15) is 0 Å². The van der Waals surface area contributed by atoms with E-state index >= 15 is 0 Å². The summed E-state index contributed by atoms with van der Waals surface area (Å²) in [6.45, 7) is 5.23. The molecule has 1 N–H and O–H groups in total. The average Bonchev–Trinajstić information content (AvgIpc) is 3.11. The fraction of sp³-hybridized carbons (Fsp3) is 0.250. The van der Waals surface area contributed by atoms with E-state index in [1.807, 2.05) is 38.1 Å². The zero-order chi connectivity index (χ0) is 19.2. The number of fused-ring (bicyclic) bond motifs is 1. The van der Waals surface area contributed by atoms with Gasteiger partial charge in [-0.15, -0.1) is 0 Å². The number of nitrogens with one attached hydrogen (secondary N) is 1. The molecule has 1 aromatic heterocycles. The average molecular weight is 383 g/mol. The molecule has 1 heterocycles. The van der Waals surface area contributed by atoms with Gasteiger partial charge in [0.1, 0.15) is 5.52 Å². The van der Waals surface area contributed by atoms with Crippen molar-refractivity contribution in [2.24, 2.45) is 0 Å². The Balaban J connectivity index is 1.55. The van der Waals surface area contributed by atoms with Crippen molar-refractivity contribution in [1.82, 2.24) is 9.88 Å². The number of rotatable bonds is 7. The van der Waals surface area contributed by atoms with Crippen molar-refractivity contribution in [3.63, 3.8) is 0 Å². The lowest BCUT2D eigenvalue weighted by atomic mass is 10.2. The van der Waals surface area contributed by atoms with Gasteiger partial charge in [-0.1, -0.05) is 23.9 Å². The number of oxazole rings is 1. The van der Waals surface area contributed by atoms with Crippen molar-refractivity contribution < 1.29 is 14.0 Å². The molecule has 0 radical (unpaired) electrons. The van der Waals surface area contributed by atoms with E-state index < -0.39 is 0 Å². The number of carbonyl (C=O) groups is 2. The molecule has 6 nitrogen and oxygen atoms in total. The van der Waals surface area contributed by atoms with Gasteiger partial charge in [-0.05, 0) is 50.2 Å². The molecule has 0 atom stereocenters. The second-order valence-corrected chi connectivity index (χ2v) is 6.77. The number of hydrogen-bond acceptors (Lipinski definition) is 5. The zero-order valence-electron chi connectivity index (χ0n) is 15.3. The molecule has 0 fully saturated rings. The van der Waals surface area contributed by atoms with E-state index in [1.165, 1.54) is 11.8 Å². The second-order valence-electron chi connectivity index (χ2n) is 5.84. The minimum atomic E-state index is -0.162. The third kappa shape index (κ3) is 4.68. The van der Waals surface area contributed by atoms with Crippen molar-refractivity contribution in [1.29, 1.82) is 0 Å². The number of benzene rings is 2. The summed E-state index contributed by atoms with van der Waals surface area (Å²) in [6.07, 6.45) is 0. The molecule has 0 spiro atoms. The quantitative estimate of drug-likeness (QED) is 0.623. The van der Waals surface area contributed by atoms with Gasteiger partial charge in [0, 0.05) is 24.3 Å². The van der Waals surface area contributed by atoms with Crippen molar-refractivity contribution in [3.8, 4) is 0 Å². The van der Waals surface area contributed by atoms with Gasteiger partial charge in [0.05, 0.1) is 5.75 Å². The third-order valence-electron chi connectivity index (χ3n) is 4.07. The molecular formula is C20H21N3O3S. The molecule has 0 aliphatic rings. The third-order valence-corrected chi connectivity index (χ3v) is 4.90. The van der Waals surface area contributed by atoms with E-state index in [9.17, 15) is 9.59 Å². The van der Waals surface area contributed by atoms with E-state index in [1.54, 1.807) is 29.2 Å². The zero-order valence-corrected chi connectivity index (χ0v) is 16.1. The van der Waals surface area contributed by atoms with Crippen LogP contribution in [0.15, 0.2) is 58.2 Å². The van der Waals surface area contributed by atoms with Crippen molar-refractivity contribution in [2.45, 2.75) is 19.1 Å². The topological polar surface area (TPSA) is 75.4 Å². The van der Waals surface area contributed by atoms with E-state index in [4.69, 9.17) is 4.42 Å². The van der Waals surface area contributed by atoms with Crippen molar-refractivity contribution in [3.05, 3.63) is 54.1 Å². The highest BCUT2D eigenvalue weighted by Crippen LogP contribution is 2.23. The Kier molecular flexibility index (Phi) is 6.13. The molecule has 0 saturated carbocycles. The van der Waals surface area contributed by atoms with Crippen LogP contribution in [0.4, 0.5) is 5.69 Å². The summed E-state index contributed by atoms with van der Waals surface area (Å²) in [5.74, 6) is 0.0157. The highest BCUT2D eigenvalue weighted by molar-refractivity contribution is 7.99. The van der Waals surface area contributed by atoms with Crippen molar-refractivity contribution >= 4 is 40.4 Å². The lowest BCUT2D eigenvalue weighted by Gasteiger charge is -2.18. The first-order chi connectivity index (χ1) is 13.1. The first kappa shape index (κ1) is 19.0. The fourth-order valence-electron chi connectivity index (χ4n) is 2.63. The van der Waals surface area contributed by atoms with Gasteiger partial charge in [0.2, 0.25) is 5.91 Å². The maximum atomic E-state index is 12.3. The minimum Gasteiger partial charge on any atom is -0.431 e. The predicted molar refractivity (Wildman–Crippen MR) is 107 cm³/mol. The summed E-state index contributed by atoms with van der Waals surface area (Å²) in [6, 6.07) is 14.4. The molecule has 140 valence electrons. The second kappa shape index (κ2) is 8.73. The van der Waals surface area contributed by atoms with Crippen LogP contribution in [0.3, 0.4) is 0 Å². The Labute approximate surface area is 161 Å². The Morgan fingerprint density at radius 2 is 1.78 bits per heavy atom. The van der Waals surface area contributed by atoms with Crippen LogP contribution in [0.25, 0.3) is 11.1 Å². The molecule has 0 saturated heterocycles. The van der Waals surface area contributed by atoms with E-state index in [2.05, 4.69) is 10.3 Å².